The highest BCUT2D eigenvalue weighted by Gasteiger charge is 2.24. The minimum absolute atomic E-state index is 0.500. The van der Waals surface area contributed by atoms with E-state index in [4.69, 9.17) is 5.26 Å². The van der Waals surface area contributed by atoms with Crippen molar-refractivity contribution in [3.8, 4) is 6.07 Å². The quantitative estimate of drug-likeness (QED) is 0.867. The van der Waals surface area contributed by atoms with Crippen LogP contribution in [-0.4, -0.2) is 45.0 Å². The first-order valence-electron chi connectivity index (χ1n) is 8.07. The Labute approximate surface area is 137 Å². The summed E-state index contributed by atoms with van der Waals surface area (Å²) in [4.78, 5) is 9.39. The number of hydrogen-bond donors (Lipinski definition) is 0. The molecular weight excluding hydrogens is 286 g/mol. The molecule has 120 valence electrons. The van der Waals surface area contributed by atoms with E-state index >= 15 is 0 Å². The molecule has 1 saturated heterocycles. The van der Waals surface area contributed by atoms with E-state index < -0.39 is 0 Å². The summed E-state index contributed by atoms with van der Waals surface area (Å²) in [5.41, 5.74) is 1.96. The first-order valence-corrected chi connectivity index (χ1v) is 8.07. The van der Waals surface area contributed by atoms with Crippen molar-refractivity contribution >= 4 is 0 Å². The molecule has 23 heavy (non-hydrogen) atoms. The molecule has 1 atom stereocenters. The molecule has 1 fully saturated rings. The molecule has 1 aromatic heterocycles. The molecule has 0 aliphatic carbocycles. The second-order valence-electron chi connectivity index (χ2n) is 6.32. The molecule has 0 N–H and O–H groups in total. The number of hydrogen-bond acceptors (Lipinski definition) is 4. The molecule has 0 bridgehead atoms. The van der Waals surface area contributed by atoms with E-state index in [2.05, 4.69) is 38.4 Å². The number of aryl methyl sites for hydroxylation is 1. The molecule has 0 radical (unpaired) electrons. The van der Waals surface area contributed by atoms with Crippen molar-refractivity contribution in [2.45, 2.75) is 26.1 Å². The van der Waals surface area contributed by atoms with Gasteiger partial charge in [0.2, 0.25) is 0 Å². The minimum atomic E-state index is 0.500. The van der Waals surface area contributed by atoms with Crippen LogP contribution in [0.2, 0.25) is 0 Å². The third-order valence-corrected chi connectivity index (χ3v) is 4.58. The Kier molecular flexibility index (Phi) is 4.75. The van der Waals surface area contributed by atoms with Crippen molar-refractivity contribution in [2.24, 2.45) is 7.05 Å². The molecule has 2 heterocycles. The number of aromatic nitrogens is 2. The zero-order chi connectivity index (χ0) is 16.2. The fourth-order valence-electron chi connectivity index (χ4n) is 3.18. The number of rotatable bonds is 4. The van der Waals surface area contributed by atoms with Gasteiger partial charge in [0.1, 0.15) is 5.82 Å². The van der Waals surface area contributed by atoms with Crippen LogP contribution in [0.1, 0.15) is 23.9 Å². The van der Waals surface area contributed by atoms with Crippen molar-refractivity contribution in [3.05, 3.63) is 53.6 Å². The predicted octanol–water partition coefficient (Wildman–Crippen LogP) is 2.00. The van der Waals surface area contributed by atoms with Crippen LogP contribution in [0.25, 0.3) is 0 Å². The third kappa shape index (κ3) is 3.79. The van der Waals surface area contributed by atoms with Crippen molar-refractivity contribution in [1.29, 1.82) is 5.26 Å². The average Bonchev–Trinajstić information content (AvgIpc) is 2.95. The Bertz CT molecular complexity index is 699. The molecule has 5 nitrogen and oxygen atoms in total. The number of nitriles is 1. The fraction of sp³-hybridized carbons (Fsp3) is 0.444. The van der Waals surface area contributed by atoms with E-state index in [1.165, 1.54) is 5.56 Å². The maximum atomic E-state index is 9.01. The Hall–Kier alpha value is -2.16. The highest BCUT2D eigenvalue weighted by Crippen LogP contribution is 2.16. The first kappa shape index (κ1) is 15.7. The molecule has 1 aliphatic heterocycles. The van der Waals surface area contributed by atoms with Gasteiger partial charge in [0.05, 0.1) is 18.2 Å². The standard InChI is InChI=1S/C18H23N5/c1-15-12-22(13-17-5-3-4-16(10-17)11-19)8-9-23(15)14-18-20-6-7-21(18)2/h3-7,10,15H,8-9,12-14H2,1-2H3/t15-/m0/s1. The Morgan fingerprint density at radius 2 is 2.17 bits per heavy atom. The molecule has 1 aliphatic rings. The normalized spacial score (nSPS) is 19.6. The van der Waals surface area contributed by atoms with Crippen molar-refractivity contribution in [1.82, 2.24) is 19.4 Å². The summed E-state index contributed by atoms with van der Waals surface area (Å²) in [6.45, 7) is 7.23. The fourth-order valence-corrected chi connectivity index (χ4v) is 3.18. The van der Waals surface area contributed by atoms with Gasteiger partial charge < -0.3 is 4.57 Å². The van der Waals surface area contributed by atoms with Crippen LogP contribution < -0.4 is 0 Å². The number of benzene rings is 1. The molecule has 2 aromatic rings. The summed E-state index contributed by atoms with van der Waals surface area (Å²) in [6, 6.07) is 10.6. The Morgan fingerprint density at radius 1 is 1.30 bits per heavy atom. The molecule has 3 rings (SSSR count). The van der Waals surface area contributed by atoms with Gasteiger partial charge in [0.15, 0.2) is 0 Å². The van der Waals surface area contributed by atoms with Gasteiger partial charge in [-0.2, -0.15) is 5.26 Å². The van der Waals surface area contributed by atoms with Crippen LogP contribution in [0.4, 0.5) is 0 Å². The monoisotopic (exact) mass is 309 g/mol. The second-order valence-corrected chi connectivity index (χ2v) is 6.32. The van der Waals surface area contributed by atoms with Crippen LogP contribution in [0.5, 0.6) is 0 Å². The van der Waals surface area contributed by atoms with Crippen molar-refractivity contribution in [2.75, 3.05) is 19.6 Å². The van der Waals surface area contributed by atoms with Gasteiger partial charge in [-0.15, -0.1) is 0 Å². The molecule has 5 heteroatoms. The smallest absolute Gasteiger partial charge is 0.122 e. The second kappa shape index (κ2) is 6.95. The summed E-state index contributed by atoms with van der Waals surface area (Å²) in [7, 11) is 2.05. The lowest BCUT2D eigenvalue weighted by Crippen LogP contribution is -2.51. The van der Waals surface area contributed by atoms with Crippen LogP contribution in [0.15, 0.2) is 36.7 Å². The van der Waals surface area contributed by atoms with Crippen LogP contribution >= 0.6 is 0 Å². The van der Waals surface area contributed by atoms with E-state index in [9.17, 15) is 0 Å². The lowest BCUT2D eigenvalue weighted by Gasteiger charge is -2.39. The van der Waals surface area contributed by atoms with E-state index in [1.54, 1.807) is 0 Å². The number of imidazole rings is 1. The first-order chi connectivity index (χ1) is 11.2. The summed E-state index contributed by atoms with van der Waals surface area (Å²) >= 11 is 0. The van der Waals surface area contributed by atoms with Gasteiger partial charge in [0, 0.05) is 51.7 Å². The summed E-state index contributed by atoms with van der Waals surface area (Å²) < 4.78 is 2.09. The maximum absolute atomic E-state index is 9.01. The van der Waals surface area contributed by atoms with Crippen LogP contribution in [0, 0.1) is 11.3 Å². The number of piperazine rings is 1. The highest BCUT2D eigenvalue weighted by atomic mass is 15.3. The van der Waals surface area contributed by atoms with Crippen molar-refractivity contribution < 1.29 is 0 Å². The molecule has 0 saturated carbocycles. The SMILES string of the molecule is C[C@H]1CN(Cc2cccc(C#N)c2)CCN1Cc1nccn1C. The molecule has 1 aromatic carbocycles. The van der Waals surface area contributed by atoms with Gasteiger partial charge in [-0.05, 0) is 24.6 Å². The van der Waals surface area contributed by atoms with Crippen LogP contribution in [-0.2, 0) is 20.1 Å². The van der Waals surface area contributed by atoms with Gasteiger partial charge in [-0.3, -0.25) is 9.80 Å². The Balaban J connectivity index is 1.58. The minimum Gasteiger partial charge on any atom is -0.337 e. The molecule has 0 amide bonds. The molecule has 0 spiro atoms. The average molecular weight is 309 g/mol. The van der Waals surface area contributed by atoms with Crippen molar-refractivity contribution in [3.63, 3.8) is 0 Å². The zero-order valence-corrected chi connectivity index (χ0v) is 13.8. The lowest BCUT2D eigenvalue weighted by molar-refractivity contribution is 0.0707. The number of nitrogens with zero attached hydrogens (tertiary/aromatic N) is 5. The van der Waals surface area contributed by atoms with E-state index in [0.717, 1.165) is 44.1 Å². The van der Waals surface area contributed by atoms with Gasteiger partial charge in [0.25, 0.3) is 0 Å². The largest absolute Gasteiger partial charge is 0.337 e. The van der Waals surface area contributed by atoms with E-state index in [1.807, 2.05) is 37.6 Å². The van der Waals surface area contributed by atoms with E-state index in [0.29, 0.717) is 6.04 Å². The Morgan fingerprint density at radius 3 is 2.87 bits per heavy atom. The van der Waals surface area contributed by atoms with Crippen LogP contribution in [0.3, 0.4) is 0 Å². The third-order valence-electron chi connectivity index (χ3n) is 4.58. The summed E-state index contributed by atoms with van der Waals surface area (Å²) in [5.74, 6) is 1.12. The summed E-state index contributed by atoms with van der Waals surface area (Å²) in [5, 5.41) is 9.01. The van der Waals surface area contributed by atoms with Gasteiger partial charge in [-0.25, -0.2) is 4.98 Å². The zero-order valence-electron chi connectivity index (χ0n) is 13.8. The topological polar surface area (TPSA) is 48.1 Å². The lowest BCUT2D eigenvalue weighted by atomic mass is 10.1. The van der Waals surface area contributed by atoms with Gasteiger partial charge in [-0.1, -0.05) is 12.1 Å². The van der Waals surface area contributed by atoms with E-state index in [-0.39, 0.29) is 0 Å². The highest BCUT2D eigenvalue weighted by molar-refractivity contribution is 5.32. The maximum Gasteiger partial charge on any atom is 0.122 e. The predicted molar refractivity (Wildman–Crippen MR) is 89.5 cm³/mol. The molecular formula is C18H23N5. The van der Waals surface area contributed by atoms with Gasteiger partial charge >= 0.3 is 0 Å². The summed E-state index contributed by atoms with van der Waals surface area (Å²) in [6.07, 6.45) is 3.86. The molecule has 0 unspecified atom stereocenters.